The number of rotatable bonds is 3. The van der Waals surface area contributed by atoms with E-state index in [1.807, 2.05) is 5.38 Å². The predicted molar refractivity (Wildman–Crippen MR) is 74.1 cm³/mol. The average Bonchev–Trinajstić information content (AvgIpc) is 2.62. The van der Waals surface area contributed by atoms with Gasteiger partial charge >= 0.3 is 0 Å². The number of benzene rings is 1. The molecule has 0 saturated carbocycles. The summed E-state index contributed by atoms with van der Waals surface area (Å²) in [6.07, 6.45) is -0.00820. The maximum Gasteiger partial charge on any atom is 0.173 e. The quantitative estimate of drug-likeness (QED) is 0.670. The Balaban J connectivity index is 2.29. The van der Waals surface area contributed by atoms with Gasteiger partial charge < -0.3 is 0 Å². The standard InChI is InChI=1S/C12H6Br2F2OS/c13-6-2-9(15)12(10(16)3-6)11(17)4-8-1-7(14)5-18-8/h1-3,5H,4H2. The average molecular weight is 396 g/mol. The summed E-state index contributed by atoms with van der Waals surface area (Å²) >= 11 is 7.60. The van der Waals surface area contributed by atoms with E-state index in [-0.39, 0.29) is 10.9 Å². The number of carbonyl (C=O) groups excluding carboxylic acids is 1. The van der Waals surface area contributed by atoms with E-state index in [0.717, 1.165) is 21.5 Å². The highest BCUT2D eigenvalue weighted by atomic mass is 79.9. The van der Waals surface area contributed by atoms with Crippen molar-refractivity contribution in [1.82, 2.24) is 0 Å². The molecule has 1 heterocycles. The highest BCUT2D eigenvalue weighted by molar-refractivity contribution is 9.10. The van der Waals surface area contributed by atoms with Gasteiger partial charge in [0.15, 0.2) is 5.78 Å². The summed E-state index contributed by atoms with van der Waals surface area (Å²) in [6.45, 7) is 0. The summed E-state index contributed by atoms with van der Waals surface area (Å²) in [5.74, 6) is -2.25. The van der Waals surface area contributed by atoms with Crippen molar-refractivity contribution in [3.63, 3.8) is 0 Å². The Labute approximate surface area is 123 Å². The molecule has 1 nitrogen and oxygen atoms in total. The Morgan fingerprint density at radius 3 is 2.22 bits per heavy atom. The van der Waals surface area contributed by atoms with Crippen molar-refractivity contribution in [3.8, 4) is 0 Å². The van der Waals surface area contributed by atoms with Crippen molar-refractivity contribution >= 4 is 49.0 Å². The van der Waals surface area contributed by atoms with Gasteiger partial charge in [0.2, 0.25) is 0 Å². The Bertz CT molecular complexity index is 587. The molecule has 0 aliphatic carbocycles. The van der Waals surface area contributed by atoms with E-state index in [0.29, 0.717) is 0 Å². The van der Waals surface area contributed by atoms with Crippen LogP contribution in [0.2, 0.25) is 0 Å². The van der Waals surface area contributed by atoms with Crippen LogP contribution in [-0.4, -0.2) is 5.78 Å². The van der Waals surface area contributed by atoms with Crippen LogP contribution in [0.25, 0.3) is 0 Å². The minimum Gasteiger partial charge on any atom is -0.294 e. The van der Waals surface area contributed by atoms with Crippen molar-refractivity contribution in [2.24, 2.45) is 0 Å². The van der Waals surface area contributed by atoms with Crippen LogP contribution >= 0.6 is 43.2 Å². The Morgan fingerprint density at radius 1 is 1.11 bits per heavy atom. The van der Waals surface area contributed by atoms with Gasteiger partial charge in [-0.25, -0.2) is 8.78 Å². The number of hydrogen-bond donors (Lipinski definition) is 0. The second-order valence-electron chi connectivity index (χ2n) is 3.58. The van der Waals surface area contributed by atoms with E-state index in [1.54, 1.807) is 6.07 Å². The van der Waals surface area contributed by atoms with Gasteiger partial charge in [-0.1, -0.05) is 15.9 Å². The normalized spacial score (nSPS) is 10.7. The molecule has 0 spiro atoms. The van der Waals surface area contributed by atoms with Gasteiger partial charge in [0, 0.05) is 25.6 Å². The predicted octanol–water partition coefficient (Wildman–Crippen LogP) is 4.98. The maximum atomic E-state index is 13.6. The first-order valence-electron chi connectivity index (χ1n) is 4.88. The van der Waals surface area contributed by atoms with Crippen LogP contribution in [0.15, 0.2) is 32.5 Å². The van der Waals surface area contributed by atoms with Crippen LogP contribution in [0.1, 0.15) is 15.2 Å². The molecule has 0 amide bonds. The zero-order valence-corrected chi connectivity index (χ0v) is 12.8. The SMILES string of the molecule is O=C(Cc1cc(Br)cs1)c1c(F)cc(Br)cc1F. The fraction of sp³-hybridized carbons (Fsp3) is 0.0833. The Hall–Kier alpha value is -0.590. The summed E-state index contributed by atoms with van der Waals surface area (Å²) in [4.78, 5) is 12.6. The number of halogens is 4. The third-order valence-electron chi connectivity index (χ3n) is 2.24. The van der Waals surface area contributed by atoms with Gasteiger partial charge in [0.05, 0.1) is 5.56 Å². The van der Waals surface area contributed by atoms with Crippen LogP contribution < -0.4 is 0 Å². The molecule has 0 saturated heterocycles. The molecule has 0 aliphatic heterocycles. The highest BCUT2D eigenvalue weighted by Crippen LogP contribution is 2.24. The first kappa shape index (κ1) is 13.8. The molecule has 2 aromatic rings. The molecule has 1 aromatic carbocycles. The van der Waals surface area contributed by atoms with E-state index in [4.69, 9.17) is 0 Å². The van der Waals surface area contributed by atoms with Crippen LogP contribution in [0.3, 0.4) is 0 Å². The molecule has 6 heteroatoms. The first-order chi connectivity index (χ1) is 8.47. The molecule has 0 fully saturated rings. The van der Waals surface area contributed by atoms with Crippen LogP contribution in [-0.2, 0) is 6.42 Å². The van der Waals surface area contributed by atoms with Gasteiger partial charge in [-0.05, 0) is 34.1 Å². The molecule has 1 aromatic heterocycles. The third kappa shape index (κ3) is 3.05. The van der Waals surface area contributed by atoms with Gasteiger partial charge in [-0.15, -0.1) is 11.3 Å². The minimum atomic E-state index is -0.845. The molecule has 0 unspecified atom stereocenters. The molecule has 0 N–H and O–H groups in total. The van der Waals surface area contributed by atoms with Crippen molar-refractivity contribution < 1.29 is 13.6 Å². The van der Waals surface area contributed by atoms with Gasteiger partial charge in [-0.2, -0.15) is 0 Å². The molecular weight excluding hydrogens is 390 g/mol. The molecule has 2 rings (SSSR count). The summed E-state index contributed by atoms with van der Waals surface area (Å²) in [5.41, 5.74) is -0.484. The zero-order valence-electron chi connectivity index (χ0n) is 8.84. The molecule has 0 aliphatic rings. The van der Waals surface area contributed by atoms with Crippen molar-refractivity contribution in [1.29, 1.82) is 0 Å². The number of hydrogen-bond acceptors (Lipinski definition) is 2. The summed E-state index contributed by atoms with van der Waals surface area (Å²) in [5, 5.41) is 1.82. The maximum absolute atomic E-state index is 13.6. The summed E-state index contributed by atoms with van der Waals surface area (Å²) in [6, 6.07) is 3.93. The zero-order chi connectivity index (χ0) is 13.3. The monoisotopic (exact) mass is 394 g/mol. The molecule has 0 radical (unpaired) electrons. The fourth-order valence-corrected chi connectivity index (χ4v) is 3.35. The Morgan fingerprint density at radius 2 is 1.72 bits per heavy atom. The number of carbonyl (C=O) groups is 1. The van der Waals surface area contributed by atoms with Crippen molar-refractivity contribution in [3.05, 3.63) is 54.6 Å². The molecule has 94 valence electrons. The highest BCUT2D eigenvalue weighted by Gasteiger charge is 2.19. The van der Waals surface area contributed by atoms with Crippen molar-refractivity contribution in [2.45, 2.75) is 6.42 Å². The van der Waals surface area contributed by atoms with Gasteiger partial charge in [0.1, 0.15) is 11.6 Å². The van der Waals surface area contributed by atoms with E-state index >= 15 is 0 Å². The van der Waals surface area contributed by atoms with E-state index in [2.05, 4.69) is 31.9 Å². The number of ketones is 1. The van der Waals surface area contributed by atoms with E-state index < -0.39 is 23.0 Å². The number of thiophene rings is 1. The van der Waals surface area contributed by atoms with E-state index in [9.17, 15) is 13.6 Å². The summed E-state index contributed by atoms with van der Waals surface area (Å²) in [7, 11) is 0. The smallest absolute Gasteiger partial charge is 0.173 e. The lowest BCUT2D eigenvalue weighted by Crippen LogP contribution is -2.08. The number of Topliss-reactive ketones (excluding diaryl/α,β-unsaturated/α-hetero) is 1. The molecule has 0 bridgehead atoms. The molecule has 18 heavy (non-hydrogen) atoms. The first-order valence-corrected chi connectivity index (χ1v) is 7.34. The second-order valence-corrected chi connectivity index (χ2v) is 6.40. The topological polar surface area (TPSA) is 17.1 Å². The third-order valence-corrected chi connectivity index (χ3v) is 4.40. The van der Waals surface area contributed by atoms with E-state index in [1.165, 1.54) is 11.3 Å². The van der Waals surface area contributed by atoms with Gasteiger partial charge in [-0.3, -0.25) is 4.79 Å². The lowest BCUT2D eigenvalue weighted by atomic mass is 10.1. The summed E-state index contributed by atoms with van der Waals surface area (Å²) < 4.78 is 28.3. The lowest BCUT2D eigenvalue weighted by Gasteiger charge is -2.04. The molecule has 0 atom stereocenters. The van der Waals surface area contributed by atoms with Crippen molar-refractivity contribution in [2.75, 3.05) is 0 Å². The minimum absolute atomic E-state index is 0.00820. The largest absolute Gasteiger partial charge is 0.294 e. The Kier molecular flexibility index (Phi) is 4.29. The van der Waals surface area contributed by atoms with Crippen LogP contribution in [0, 0.1) is 11.6 Å². The molecular formula is C12H6Br2F2OS. The lowest BCUT2D eigenvalue weighted by molar-refractivity contribution is 0.0985. The van der Waals surface area contributed by atoms with Crippen LogP contribution in [0.5, 0.6) is 0 Å². The van der Waals surface area contributed by atoms with Crippen LogP contribution in [0.4, 0.5) is 8.78 Å². The second kappa shape index (κ2) is 5.59. The van der Waals surface area contributed by atoms with Gasteiger partial charge in [0.25, 0.3) is 0 Å². The fourth-order valence-electron chi connectivity index (χ4n) is 1.50.